The van der Waals surface area contributed by atoms with E-state index in [0.29, 0.717) is 6.42 Å². The molecule has 0 aliphatic carbocycles. The van der Waals surface area contributed by atoms with Crippen molar-refractivity contribution in [3.05, 3.63) is 36.0 Å². The highest BCUT2D eigenvalue weighted by molar-refractivity contribution is 7.91. The van der Waals surface area contributed by atoms with Crippen molar-refractivity contribution >= 4 is 27.5 Å². The highest BCUT2D eigenvalue weighted by atomic mass is 32.2. The van der Waals surface area contributed by atoms with E-state index in [1.54, 1.807) is 19.1 Å². The second-order valence-electron chi connectivity index (χ2n) is 4.51. The van der Waals surface area contributed by atoms with Gasteiger partial charge in [0.15, 0.2) is 9.84 Å². The first kappa shape index (κ1) is 18.7. The summed E-state index contributed by atoms with van der Waals surface area (Å²) in [4.78, 5) is 23.1. The lowest BCUT2D eigenvalue weighted by molar-refractivity contribution is -0.138. The fourth-order valence-corrected chi connectivity index (χ4v) is 3.30. The third-order valence-corrected chi connectivity index (χ3v) is 4.80. The van der Waals surface area contributed by atoms with E-state index in [-0.39, 0.29) is 22.0 Å². The summed E-state index contributed by atoms with van der Waals surface area (Å²) in [7, 11) is -1.20. The Bertz CT molecular complexity index is 708. The molecule has 0 amide bonds. The van der Waals surface area contributed by atoms with Crippen LogP contribution < -0.4 is 5.32 Å². The van der Waals surface area contributed by atoms with E-state index in [1.807, 2.05) is 0 Å². The molecule has 1 aromatic carbocycles. The number of carbonyl (C=O) groups excluding carboxylic acids is 2. The number of nitrogens with one attached hydrogen (secondary N) is 1. The number of esters is 2. The van der Waals surface area contributed by atoms with Gasteiger partial charge >= 0.3 is 11.9 Å². The quantitative estimate of drug-likeness (QED) is 0.593. The Morgan fingerprint density at radius 3 is 2.39 bits per heavy atom. The van der Waals surface area contributed by atoms with Crippen LogP contribution in [-0.2, 0) is 28.9 Å². The van der Waals surface area contributed by atoms with Gasteiger partial charge in [-0.05, 0) is 18.6 Å². The van der Waals surface area contributed by atoms with Gasteiger partial charge in [-0.2, -0.15) is 0 Å². The van der Waals surface area contributed by atoms with Crippen molar-refractivity contribution in [2.45, 2.75) is 18.2 Å². The molecule has 0 saturated heterocycles. The zero-order valence-electron chi connectivity index (χ0n) is 13.2. The van der Waals surface area contributed by atoms with E-state index in [0.717, 1.165) is 20.3 Å². The van der Waals surface area contributed by atoms with Gasteiger partial charge in [-0.25, -0.2) is 18.0 Å². The van der Waals surface area contributed by atoms with Gasteiger partial charge in [0.25, 0.3) is 0 Å². The molecule has 0 heterocycles. The maximum atomic E-state index is 12.3. The Kier molecular flexibility index (Phi) is 6.77. The molecule has 1 N–H and O–H groups in total. The van der Waals surface area contributed by atoms with Crippen molar-refractivity contribution in [1.29, 1.82) is 0 Å². The fraction of sp³-hybridized carbons (Fsp3) is 0.333. The summed E-state index contributed by atoms with van der Waals surface area (Å²) < 4.78 is 33.6. The molecule has 0 fully saturated rings. The summed E-state index contributed by atoms with van der Waals surface area (Å²) in [5.41, 5.74) is -0.0417. The van der Waals surface area contributed by atoms with E-state index < -0.39 is 21.8 Å². The maximum Gasteiger partial charge on any atom is 0.354 e. The van der Waals surface area contributed by atoms with Crippen LogP contribution in [0, 0.1) is 0 Å². The first-order chi connectivity index (χ1) is 10.9. The van der Waals surface area contributed by atoms with Crippen LogP contribution in [0.5, 0.6) is 0 Å². The second-order valence-corrected chi connectivity index (χ2v) is 6.59. The van der Waals surface area contributed by atoms with E-state index >= 15 is 0 Å². The monoisotopic (exact) mass is 341 g/mol. The van der Waals surface area contributed by atoms with Gasteiger partial charge in [-0.3, -0.25) is 0 Å². The summed E-state index contributed by atoms with van der Waals surface area (Å²) in [6.07, 6.45) is 1.35. The zero-order valence-corrected chi connectivity index (χ0v) is 14.0. The number of benzene rings is 1. The number of rotatable bonds is 7. The van der Waals surface area contributed by atoms with Gasteiger partial charge in [0.2, 0.25) is 0 Å². The average molecular weight is 341 g/mol. The predicted molar refractivity (Wildman–Crippen MR) is 84.5 cm³/mol. The van der Waals surface area contributed by atoms with Crippen LogP contribution in [0.25, 0.3) is 0 Å². The third kappa shape index (κ3) is 5.10. The molecule has 0 aliphatic rings. The molecule has 7 nitrogen and oxygen atoms in total. The average Bonchev–Trinajstić information content (AvgIpc) is 2.53. The lowest BCUT2D eigenvalue weighted by atomic mass is 10.3. The molecule has 0 radical (unpaired) electrons. The number of ether oxygens (including phenoxy) is 2. The summed E-state index contributed by atoms with van der Waals surface area (Å²) >= 11 is 0. The largest absolute Gasteiger partial charge is 0.466 e. The number of hydrogen-bond donors (Lipinski definition) is 1. The Morgan fingerprint density at radius 2 is 1.83 bits per heavy atom. The van der Waals surface area contributed by atoms with Crippen molar-refractivity contribution in [1.82, 2.24) is 0 Å². The van der Waals surface area contributed by atoms with Crippen molar-refractivity contribution in [2.75, 3.05) is 25.3 Å². The van der Waals surface area contributed by atoms with E-state index in [2.05, 4.69) is 14.8 Å². The highest BCUT2D eigenvalue weighted by Gasteiger charge is 2.20. The van der Waals surface area contributed by atoms with Crippen LogP contribution in [0.1, 0.15) is 13.3 Å². The van der Waals surface area contributed by atoms with Crippen molar-refractivity contribution in [3.63, 3.8) is 0 Å². The predicted octanol–water partition coefficient (Wildman–Crippen LogP) is 1.51. The lowest BCUT2D eigenvalue weighted by Gasteiger charge is -2.13. The number of carbonyl (C=O) groups is 2. The number of anilines is 1. The minimum absolute atomic E-state index is 0.0278. The molecule has 0 bridgehead atoms. The number of methoxy groups -OCH3 is 2. The van der Waals surface area contributed by atoms with E-state index in [4.69, 9.17) is 0 Å². The van der Waals surface area contributed by atoms with Crippen LogP contribution in [0.15, 0.2) is 40.9 Å². The summed E-state index contributed by atoms with van der Waals surface area (Å²) in [5.74, 6) is -1.62. The molecule has 126 valence electrons. The van der Waals surface area contributed by atoms with Gasteiger partial charge in [0.1, 0.15) is 5.70 Å². The molecule has 23 heavy (non-hydrogen) atoms. The smallest absolute Gasteiger partial charge is 0.354 e. The highest BCUT2D eigenvalue weighted by Crippen LogP contribution is 2.24. The molecule has 1 rings (SSSR count). The number of sulfone groups is 1. The molecule has 0 unspecified atom stereocenters. The molecular formula is C15H19NO6S. The molecular weight excluding hydrogens is 322 g/mol. The van der Waals surface area contributed by atoms with Crippen LogP contribution in [-0.4, -0.2) is 40.3 Å². The molecule has 0 atom stereocenters. The summed E-state index contributed by atoms with van der Waals surface area (Å²) in [5, 5.41) is 2.63. The fourth-order valence-electron chi connectivity index (χ4n) is 1.80. The van der Waals surface area contributed by atoms with Crippen LogP contribution in [0.4, 0.5) is 5.69 Å². The Morgan fingerprint density at radius 1 is 1.17 bits per heavy atom. The number of para-hydroxylation sites is 1. The zero-order chi connectivity index (χ0) is 17.5. The van der Waals surface area contributed by atoms with Gasteiger partial charge in [-0.1, -0.05) is 19.1 Å². The van der Waals surface area contributed by atoms with Crippen molar-refractivity contribution in [3.8, 4) is 0 Å². The third-order valence-electron chi connectivity index (χ3n) is 2.83. The number of hydrogen-bond acceptors (Lipinski definition) is 7. The van der Waals surface area contributed by atoms with Crippen LogP contribution >= 0.6 is 0 Å². The molecule has 0 aromatic heterocycles. The Labute approximate surface area is 135 Å². The SMILES string of the molecule is CCCS(=O)(=O)c1ccccc1N/C(=C/C(=O)OC)C(=O)OC. The Balaban J connectivity index is 3.28. The van der Waals surface area contributed by atoms with Crippen molar-refractivity contribution in [2.24, 2.45) is 0 Å². The summed E-state index contributed by atoms with van der Waals surface area (Å²) in [6, 6.07) is 6.12. The first-order valence-electron chi connectivity index (χ1n) is 6.82. The van der Waals surface area contributed by atoms with Gasteiger partial charge < -0.3 is 14.8 Å². The van der Waals surface area contributed by atoms with Gasteiger partial charge in [0, 0.05) is 0 Å². The normalized spacial score (nSPS) is 11.7. The van der Waals surface area contributed by atoms with Gasteiger partial charge in [-0.15, -0.1) is 0 Å². The molecule has 0 spiro atoms. The molecule has 1 aromatic rings. The van der Waals surface area contributed by atoms with E-state index in [9.17, 15) is 18.0 Å². The first-order valence-corrected chi connectivity index (χ1v) is 8.47. The standard InChI is InChI=1S/C15H19NO6S/c1-4-9-23(19,20)13-8-6-5-7-11(13)16-12(15(18)22-3)10-14(17)21-2/h5-8,10,16H,4,9H2,1-3H3/b12-10+. The minimum Gasteiger partial charge on any atom is -0.466 e. The van der Waals surface area contributed by atoms with Crippen molar-refractivity contribution < 1.29 is 27.5 Å². The lowest BCUT2D eigenvalue weighted by Crippen LogP contribution is -2.17. The molecule has 0 saturated carbocycles. The molecule has 8 heteroatoms. The molecule has 0 aliphatic heterocycles. The Hall–Kier alpha value is -2.35. The van der Waals surface area contributed by atoms with E-state index in [1.165, 1.54) is 12.1 Å². The van der Waals surface area contributed by atoms with Crippen LogP contribution in [0.2, 0.25) is 0 Å². The summed E-state index contributed by atoms with van der Waals surface area (Å²) in [6.45, 7) is 1.75. The minimum atomic E-state index is -3.51. The van der Waals surface area contributed by atoms with Gasteiger partial charge in [0.05, 0.1) is 36.6 Å². The maximum absolute atomic E-state index is 12.3. The van der Waals surface area contributed by atoms with Crippen LogP contribution in [0.3, 0.4) is 0 Å². The topological polar surface area (TPSA) is 98.8 Å². The second kappa shape index (κ2) is 8.33.